The van der Waals surface area contributed by atoms with Crippen LogP contribution >= 0.6 is 0 Å². The summed E-state index contributed by atoms with van der Waals surface area (Å²) < 4.78 is 10.5. The highest BCUT2D eigenvalue weighted by molar-refractivity contribution is 5.93. The van der Waals surface area contributed by atoms with Gasteiger partial charge in [-0.1, -0.05) is 0 Å². The Morgan fingerprint density at radius 2 is 2.07 bits per heavy atom. The topological polar surface area (TPSA) is 47.9 Å². The van der Waals surface area contributed by atoms with Crippen molar-refractivity contribution in [1.82, 2.24) is 0 Å². The smallest absolute Gasteiger partial charge is 0.256 e. The van der Waals surface area contributed by atoms with Crippen molar-refractivity contribution in [3.63, 3.8) is 0 Å². The lowest BCUT2D eigenvalue weighted by atomic mass is 10.2. The molecule has 0 saturated heterocycles. The van der Waals surface area contributed by atoms with Crippen LogP contribution in [0.3, 0.4) is 0 Å². The Bertz CT molecular complexity index is 315. The standard InChI is InChI=1S/C10H13NO3/c1-7(8(2)12)6-9-10(11-3)14-5-4-13-9/h6H,3-5H2,1-2H3. The maximum absolute atomic E-state index is 11.0. The van der Waals surface area contributed by atoms with Gasteiger partial charge in [-0.05, 0) is 32.2 Å². The highest BCUT2D eigenvalue weighted by atomic mass is 16.6. The molecule has 0 aromatic heterocycles. The predicted molar refractivity (Wildman–Crippen MR) is 52.9 cm³/mol. The number of aliphatic imine (C=N–C) groups is 1. The summed E-state index contributed by atoms with van der Waals surface area (Å²) >= 11 is 0. The summed E-state index contributed by atoms with van der Waals surface area (Å²) in [5.41, 5.74) is 0.603. The van der Waals surface area contributed by atoms with E-state index in [9.17, 15) is 4.79 Å². The summed E-state index contributed by atoms with van der Waals surface area (Å²) in [5, 5.41) is 0. The third kappa shape index (κ3) is 2.45. The molecule has 0 atom stereocenters. The summed E-state index contributed by atoms with van der Waals surface area (Å²) in [6, 6.07) is 0. The van der Waals surface area contributed by atoms with E-state index in [0.29, 0.717) is 30.4 Å². The van der Waals surface area contributed by atoms with Crippen LogP contribution in [-0.2, 0) is 14.3 Å². The maximum atomic E-state index is 11.0. The van der Waals surface area contributed by atoms with Crippen molar-refractivity contribution in [3.8, 4) is 0 Å². The van der Waals surface area contributed by atoms with Gasteiger partial charge < -0.3 is 9.47 Å². The first-order valence-corrected chi connectivity index (χ1v) is 4.31. The first kappa shape index (κ1) is 10.5. The number of rotatable bonds is 3. The number of hydrogen-bond donors (Lipinski definition) is 0. The van der Waals surface area contributed by atoms with Gasteiger partial charge in [0.25, 0.3) is 5.88 Å². The summed E-state index contributed by atoms with van der Waals surface area (Å²) in [5.74, 6) is 0.811. The Labute approximate surface area is 82.9 Å². The molecule has 0 amide bonds. The van der Waals surface area contributed by atoms with E-state index in [-0.39, 0.29) is 5.78 Å². The van der Waals surface area contributed by atoms with E-state index in [2.05, 4.69) is 11.7 Å². The average Bonchev–Trinajstić information content (AvgIpc) is 2.18. The van der Waals surface area contributed by atoms with E-state index in [4.69, 9.17) is 9.47 Å². The molecular formula is C10H13NO3. The van der Waals surface area contributed by atoms with Gasteiger partial charge >= 0.3 is 0 Å². The predicted octanol–water partition coefficient (Wildman–Crippen LogP) is 1.44. The molecule has 0 bridgehead atoms. The van der Waals surface area contributed by atoms with Gasteiger partial charge in [0.15, 0.2) is 11.5 Å². The summed E-state index contributed by atoms with van der Waals surface area (Å²) in [6.45, 7) is 7.50. The number of ketones is 1. The quantitative estimate of drug-likeness (QED) is 0.505. The molecule has 1 aliphatic heterocycles. The average molecular weight is 195 g/mol. The molecular weight excluding hydrogens is 182 g/mol. The Morgan fingerprint density at radius 3 is 2.64 bits per heavy atom. The van der Waals surface area contributed by atoms with Gasteiger partial charge in [-0.25, -0.2) is 4.99 Å². The van der Waals surface area contributed by atoms with Crippen LogP contribution in [0.15, 0.2) is 28.3 Å². The number of nitrogens with zero attached hydrogens (tertiary/aromatic N) is 1. The van der Waals surface area contributed by atoms with Gasteiger partial charge in [-0.15, -0.1) is 0 Å². The SMILES string of the molecule is C=NC1=C(C=C(C)C(C)=O)OCCO1. The van der Waals surface area contributed by atoms with Crippen molar-refractivity contribution >= 4 is 12.5 Å². The molecule has 4 heteroatoms. The molecule has 0 aromatic rings. The Morgan fingerprint density at radius 1 is 1.43 bits per heavy atom. The third-order valence-electron chi connectivity index (χ3n) is 1.84. The molecule has 14 heavy (non-hydrogen) atoms. The molecule has 1 heterocycles. The molecule has 4 nitrogen and oxygen atoms in total. The van der Waals surface area contributed by atoms with Crippen molar-refractivity contribution in [2.45, 2.75) is 13.8 Å². The number of hydrogen-bond acceptors (Lipinski definition) is 4. The summed E-state index contributed by atoms with van der Waals surface area (Å²) in [4.78, 5) is 14.6. The second-order valence-corrected chi connectivity index (χ2v) is 2.91. The van der Waals surface area contributed by atoms with Crippen LogP contribution in [0.4, 0.5) is 0 Å². The summed E-state index contributed by atoms with van der Waals surface area (Å²) in [7, 11) is 0. The molecule has 0 fully saturated rings. The lowest BCUT2D eigenvalue weighted by Gasteiger charge is -2.17. The molecule has 1 aliphatic rings. The van der Waals surface area contributed by atoms with E-state index in [1.165, 1.54) is 6.92 Å². The van der Waals surface area contributed by atoms with Crippen molar-refractivity contribution in [3.05, 3.63) is 23.3 Å². The van der Waals surface area contributed by atoms with E-state index >= 15 is 0 Å². The molecule has 0 saturated carbocycles. The largest absolute Gasteiger partial charge is 0.484 e. The zero-order valence-corrected chi connectivity index (χ0v) is 8.37. The molecule has 0 radical (unpaired) electrons. The number of allylic oxidation sites excluding steroid dienone is 2. The molecule has 0 spiro atoms. The van der Waals surface area contributed by atoms with Gasteiger partial charge in [0.2, 0.25) is 0 Å². The van der Waals surface area contributed by atoms with Crippen LogP contribution in [0.2, 0.25) is 0 Å². The second-order valence-electron chi connectivity index (χ2n) is 2.91. The van der Waals surface area contributed by atoms with Crippen LogP contribution in [0.1, 0.15) is 13.8 Å². The molecule has 0 N–H and O–H groups in total. The van der Waals surface area contributed by atoms with Crippen LogP contribution in [-0.4, -0.2) is 25.7 Å². The Kier molecular flexibility index (Phi) is 3.45. The van der Waals surface area contributed by atoms with Crippen LogP contribution < -0.4 is 0 Å². The highest BCUT2D eigenvalue weighted by Crippen LogP contribution is 2.17. The summed E-state index contributed by atoms with van der Waals surface area (Å²) in [6.07, 6.45) is 1.62. The molecule has 0 aromatic carbocycles. The minimum absolute atomic E-state index is 0.00455. The highest BCUT2D eigenvalue weighted by Gasteiger charge is 2.12. The Hall–Kier alpha value is -1.58. The third-order valence-corrected chi connectivity index (χ3v) is 1.84. The number of carbonyl (C=O) groups is 1. The molecule has 76 valence electrons. The lowest BCUT2D eigenvalue weighted by molar-refractivity contribution is -0.113. The number of carbonyl (C=O) groups excluding carboxylic acids is 1. The number of Topliss-reactive ketones (excluding diaryl/α,β-unsaturated/α-hetero) is 1. The van der Waals surface area contributed by atoms with E-state index < -0.39 is 0 Å². The van der Waals surface area contributed by atoms with Crippen molar-refractivity contribution in [2.75, 3.05) is 13.2 Å². The molecule has 0 unspecified atom stereocenters. The fourth-order valence-corrected chi connectivity index (χ4v) is 0.948. The van der Waals surface area contributed by atoms with Gasteiger partial charge in [-0.2, -0.15) is 0 Å². The maximum Gasteiger partial charge on any atom is 0.256 e. The monoisotopic (exact) mass is 195 g/mol. The minimum atomic E-state index is -0.00455. The first-order valence-electron chi connectivity index (χ1n) is 4.31. The van der Waals surface area contributed by atoms with Crippen LogP contribution in [0, 0.1) is 0 Å². The lowest BCUT2D eigenvalue weighted by Crippen LogP contribution is -2.12. The van der Waals surface area contributed by atoms with Crippen molar-refractivity contribution < 1.29 is 14.3 Å². The van der Waals surface area contributed by atoms with Crippen molar-refractivity contribution in [2.24, 2.45) is 4.99 Å². The second kappa shape index (κ2) is 4.60. The van der Waals surface area contributed by atoms with Crippen LogP contribution in [0.25, 0.3) is 0 Å². The minimum Gasteiger partial charge on any atom is -0.484 e. The van der Waals surface area contributed by atoms with Gasteiger partial charge in [0.1, 0.15) is 13.2 Å². The fraction of sp³-hybridized carbons (Fsp3) is 0.400. The molecule has 0 aliphatic carbocycles. The Balaban J connectivity index is 2.94. The van der Waals surface area contributed by atoms with Gasteiger partial charge in [0.05, 0.1) is 0 Å². The van der Waals surface area contributed by atoms with Gasteiger partial charge in [-0.3, -0.25) is 4.79 Å². The van der Waals surface area contributed by atoms with Gasteiger partial charge in [0, 0.05) is 0 Å². The fourth-order valence-electron chi connectivity index (χ4n) is 0.948. The van der Waals surface area contributed by atoms with E-state index in [1.807, 2.05) is 0 Å². The zero-order chi connectivity index (χ0) is 10.6. The van der Waals surface area contributed by atoms with E-state index in [1.54, 1.807) is 13.0 Å². The van der Waals surface area contributed by atoms with Crippen LogP contribution in [0.5, 0.6) is 0 Å². The van der Waals surface area contributed by atoms with E-state index in [0.717, 1.165) is 0 Å². The first-order chi connectivity index (χ1) is 6.65. The van der Waals surface area contributed by atoms with Crippen molar-refractivity contribution in [1.29, 1.82) is 0 Å². The normalized spacial score (nSPS) is 17.1. The zero-order valence-electron chi connectivity index (χ0n) is 8.37. The molecule has 1 rings (SSSR count). The number of ether oxygens (including phenoxy) is 2.